The molecule has 0 bridgehead atoms. The third kappa shape index (κ3) is 3.75. The van der Waals surface area contributed by atoms with E-state index in [0.29, 0.717) is 5.56 Å². The van der Waals surface area contributed by atoms with Gasteiger partial charge in [-0.3, -0.25) is 4.99 Å². The van der Waals surface area contributed by atoms with E-state index in [0.717, 1.165) is 0 Å². The van der Waals surface area contributed by atoms with Crippen molar-refractivity contribution in [3.8, 4) is 0 Å². The minimum Gasteiger partial charge on any atom is -0.386 e. The maximum Gasteiger partial charge on any atom is 0.275 e. The van der Waals surface area contributed by atoms with Crippen molar-refractivity contribution in [1.82, 2.24) is 0 Å². The highest BCUT2D eigenvalue weighted by atomic mass is 19.3. The summed E-state index contributed by atoms with van der Waals surface area (Å²) in [5.41, 5.74) is 0.438. The van der Waals surface area contributed by atoms with Gasteiger partial charge < -0.3 is 5.11 Å². The van der Waals surface area contributed by atoms with E-state index in [9.17, 15) is 13.9 Å². The molecule has 1 aromatic rings. The van der Waals surface area contributed by atoms with Crippen LogP contribution in [0.2, 0.25) is 0 Å². The number of nitrogens with zero attached hydrogens (tertiary/aromatic N) is 1. The van der Waals surface area contributed by atoms with Gasteiger partial charge in [0.1, 0.15) is 0 Å². The highest BCUT2D eigenvalue weighted by Crippen LogP contribution is 2.12. The summed E-state index contributed by atoms with van der Waals surface area (Å²) >= 11 is 0. The summed E-state index contributed by atoms with van der Waals surface area (Å²) in [5, 5.41) is 9.60. The van der Waals surface area contributed by atoms with Crippen molar-refractivity contribution in [3.63, 3.8) is 0 Å². The van der Waals surface area contributed by atoms with Crippen molar-refractivity contribution in [1.29, 1.82) is 0 Å². The van der Waals surface area contributed by atoms with Gasteiger partial charge in [-0.15, -0.1) is 0 Å². The zero-order valence-electron chi connectivity index (χ0n) is 8.40. The predicted octanol–water partition coefficient (Wildman–Crippen LogP) is 2.45. The van der Waals surface area contributed by atoms with Gasteiger partial charge in [-0.25, -0.2) is 8.78 Å². The highest BCUT2D eigenvalue weighted by molar-refractivity contribution is 5.84. The molecule has 1 atom stereocenters. The summed E-state index contributed by atoms with van der Waals surface area (Å²) in [6, 6.07) is 8.85. The van der Waals surface area contributed by atoms with Gasteiger partial charge in [-0.05, 0) is 12.5 Å². The van der Waals surface area contributed by atoms with Gasteiger partial charge in [-0.1, -0.05) is 30.3 Å². The fourth-order valence-corrected chi connectivity index (χ4v) is 1.08. The third-order valence-corrected chi connectivity index (χ3v) is 2.01. The largest absolute Gasteiger partial charge is 0.386 e. The molecule has 15 heavy (non-hydrogen) atoms. The summed E-state index contributed by atoms with van der Waals surface area (Å²) in [5.74, 6) is 0. The minimum absolute atomic E-state index is 0.0276. The first-order valence-electron chi connectivity index (χ1n) is 4.63. The summed E-state index contributed by atoms with van der Waals surface area (Å²) < 4.78 is 24.1. The first-order chi connectivity index (χ1) is 7.11. The van der Waals surface area contributed by atoms with Crippen molar-refractivity contribution in [3.05, 3.63) is 35.9 Å². The predicted molar refractivity (Wildman–Crippen MR) is 55.4 cm³/mol. The number of hydrogen-bond acceptors (Lipinski definition) is 2. The van der Waals surface area contributed by atoms with E-state index >= 15 is 0 Å². The molecule has 0 aliphatic rings. The molecular weight excluding hydrogens is 200 g/mol. The molecule has 0 fully saturated rings. The Hall–Kier alpha value is -1.29. The molecule has 4 heteroatoms. The van der Waals surface area contributed by atoms with Gasteiger partial charge in [0.25, 0.3) is 6.43 Å². The molecule has 2 nitrogen and oxygen atoms in total. The number of aliphatic imine (C=N–C) groups is 1. The molecule has 0 saturated carbocycles. The van der Waals surface area contributed by atoms with E-state index in [4.69, 9.17) is 0 Å². The minimum atomic E-state index is -2.55. The fourth-order valence-electron chi connectivity index (χ4n) is 1.08. The van der Waals surface area contributed by atoms with E-state index in [1.807, 2.05) is 6.07 Å². The van der Waals surface area contributed by atoms with Gasteiger partial charge in [0.15, 0.2) is 0 Å². The molecule has 1 rings (SSSR count). The first-order valence-corrected chi connectivity index (χ1v) is 4.63. The maximum absolute atomic E-state index is 12.1. The van der Waals surface area contributed by atoms with E-state index in [1.54, 1.807) is 24.3 Å². The molecule has 0 saturated heterocycles. The topological polar surface area (TPSA) is 32.6 Å². The molecule has 1 unspecified atom stereocenters. The molecule has 0 radical (unpaired) electrons. The lowest BCUT2D eigenvalue weighted by molar-refractivity contribution is 0.185. The second-order valence-electron chi connectivity index (χ2n) is 3.21. The maximum atomic E-state index is 12.1. The number of alkyl halides is 2. The normalized spacial score (nSPS) is 14.3. The monoisotopic (exact) mass is 213 g/mol. The van der Waals surface area contributed by atoms with Gasteiger partial charge in [0, 0.05) is 0 Å². The Morgan fingerprint density at radius 1 is 1.33 bits per heavy atom. The van der Waals surface area contributed by atoms with Crippen molar-refractivity contribution in [2.75, 3.05) is 6.54 Å². The number of hydrogen-bond donors (Lipinski definition) is 1. The Bertz CT molecular complexity index is 325. The lowest BCUT2D eigenvalue weighted by Crippen LogP contribution is -2.09. The van der Waals surface area contributed by atoms with Crippen LogP contribution in [0.25, 0.3) is 0 Å². The van der Waals surface area contributed by atoms with E-state index in [-0.39, 0.29) is 12.3 Å². The fraction of sp³-hybridized carbons (Fsp3) is 0.364. The molecule has 0 aromatic heterocycles. The van der Waals surface area contributed by atoms with Crippen LogP contribution in [0.3, 0.4) is 0 Å². The Labute approximate surface area is 87.3 Å². The Balaban J connectivity index is 2.57. The molecular formula is C11H13F2NO. The highest BCUT2D eigenvalue weighted by Gasteiger charge is 2.09. The molecule has 0 spiro atoms. The molecule has 0 aliphatic carbocycles. The Morgan fingerprint density at radius 2 is 1.93 bits per heavy atom. The number of aliphatic hydroxyl groups excluding tert-OH is 1. The number of benzene rings is 1. The first kappa shape index (κ1) is 11.8. The summed E-state index contributed by atoms with van der Waals surface area (Å²) in [4.78, 5) is 3.62. The van der Waals surface area contributed by atoms with Crippen molar-refractivity contribution < 1.29 is 13.9 Å². The summed E-state index contributed by atoms with van der Waals surface area (Å²) in [7, 11) is 0. The van der Waals surface area contributed by atoms with Crippen LogP contribution < -0.4 is 0 Å². The molecule has 1 N–H and O–H groups in total. The smallest absolute Gasteiger partial charge is 0.275 e. The zero-order chi connectivity index (χ0) is 11.3. The van der Waals surface area contributed by atoms with E-state index < -0.39 is 12.5 Å². The Morgan fingerprint density at radius 3 is 2.47 bits per heavy atom. The summed E-state index contributed by atoms with van der Waals surface area (Å²) in [6.45, 7) is 1.22. The van der Waals surface area contributed by atoms with Crippen molar-refractivity contribution in [2.45, 2.75) is 19.5 Å². The van der Waals surface area contributed by atoms with Gasteiger partial charge in [-0.2, -0.15) is 0 Å². The van der Waals surface area contributed by atoms with Crippen LogP contribution >= 0.6 is 0 Å². The van der Waals surface area contributed by atoms with Crippen LogP contribution in [0.15, 0.2) is 35.3 Å². The van der Waals surface area contributed by atoms with Crippen molar-refractivity contribution >= 4 is 5.71 Å². The standard InChI is InChI=1S/C11H13F2NO/c1-8(11(12)13)14-7-10(15)9-5-3-2-4-6-9/h2-6,10-11,15H,7H2,1H3. The van der Waals surface area contributed by atoms with E-state index in [2.05, 4.69) is 4.99 Å². The third-order valence-electron chi connectivity index (χ3n) is 2.01. The van der Waals surface area contributed by atoms with Crippen molar-refractivity contribution in [2.24, 2.45) is 4.99 Å². The molecule has 0 aliphatic heterocycles. The number of aliphatic hydroxyl groups is 1. The van der Waals surface area contributed by atoms with Crippen LogP contribution in [-0.4, -0.2) is 23.8 Å². The van der Waals surface area contributed by atoms with Gasteiger partial charge >= 0.3 is 0 Å². The average Bonchev–Trinajstić information content (AvgIpc) is 2.26. The van der Waals surface area contributed by atoms with Crippen LogP contribution in [0, 0.1) is 0 Å². The lowest BCUT2D eigenvalue weighted by atomic mass is 10.1. The van der Waals surface area contributed by atoms with Gasteiger partial charge in [0.05, 0.1) is 18.4 Å². The second-order valence-corrected chi connectivity index (χ2v) is 3.21. The number of rotatable bonds is 4. The average molecular weight is 213 g/mol. The van der Waals surface area contributed by atoms with E-state index in [1.165, 1.54) is 6.92 Å². The van der Waals surface area contributed by atoms with Crippen LogP contribution in [0.5, 0.6) is 0 Å². The quantitative estimate of drug-likeness (QED) is 0.765. The molecule has 82 valence electrons. The molecule has 1 aromatic carbocycles. The van der Waals surface area contributed by atoms with Gasteiger partial charge in [0.2, 0.25) is 0 Å². The molecule has 0 heterocycles. The Kier molecular flexibility index (Phi) is 4.37. The lowest BCUT2D eigenvalue weighted by Gasteiger charge is -2.08. The van der Waals surface area contributed by atoms with Crippen LogP contribution in [0.1, 0.15) is 18.6 Å². The van der Waals surface area contributed by atoms with Crippen LogP contribution in [-0.2, 0) is 0 Å². The number of halogens is 2. The zero-order valence-corrected chi connectivity index (χ0v) is 8.40. The summed E-state index contributed by atoms with van der Waals surface area (Å²) in [6.07, 6.45) is -3.37. The van der Waals surface area contributed by atoms with Crippen LogP contribution in [0.4, 0.5) is 8.78 Å². The SMILES string of the molecule is CC(=NCC(O)c1ccccc1)C(F)F. The second kappa shape index (κ2) is 5.56. The molecule has 0 amide bonds.